The number of halogens is 2. The highest BCUT2D eigenvalue weighted by Gasteiger charge is 2.13. The zero-order chi connectivity index (χ0) is 14.1. The predicted octanol–water partition coefficient (Wildman–Crippen LogP) is 2.29. The van der Waals surface area contributed by atoms with Crippen molar-refractivity contribution in [3.05, 3.63) is 42.0 Å². The first-order valence-corrected chi connectivity index (χ1v) is 6.76. The van der Waals surface area contributed by atoms with Crippen LogP contribution in [0.4, 0.5) is 4.39 Å². The van der Waals surface area contributed by atoms with Crippen LogP contribution in [0.25, 0.3) is 11.0 Å². The summed E-state index contributed by atoms with van der Waals surface area (Å²) in [6.45, 7) is 0.617. The van der Waals surface area contributed by atoms with E-state index in [0.717, 1.165) is 11.3 Å². The molecule has 0 fully saturated rings. The molecule has 0 aliphatic heterocycles. The van der Waals surface area contributed by atoms with Gasteiger partial charge in [-0.15, -0.1) is 11.6 Å². The molecule has 5 nitrogen and oxygen atoms in total. The molecule has 0 spiro atoms. The minimum atomic E-state index is -0.330. The highest BCUT2D eigenvalue weighted by atomic mass is 35.5. The summed E-state index contributed by atoms with van der Waals surface area (Å²) in [5.74, 6) is 1.31. The number of aromatic nitrogens is 5. The number of nitrogens with zero attached hydrogens (tertiary/aromatic N) is 5. The third kappa shape index (κ3) is 2.27. The highest BCUT2D eigenvalue weighted by molar-refractivity contribution is 6.16. The molecule has 3 rings (SSSR count). The Labute approximate surface area is 120 Å². The van der Waals surface area contributed by atoms with Crippen LogP contribution in [-0.2, 0) is 25.9 Å². The van der Waals surface area contributed by atoms with E-state index in [1.54, 1.807) is 17.1 Å². The van der Waals surface area contributed by atoms with Crippen molar-refractivity contribution in [2.24, 2.45) is 7.05 Å². The van der Waals surface area contributed by atoms with Gasteiger partial charge in [0, 0.05) is 20.0 Å². The van der Waals surface area contributed by atoms with E-state index in [9.17, 15) is 4.39 Å². The lowest BCUT2D eigenvalue weighted by molar-refractivity contribution is 0.637. The number of alkyl halides is 1. The number of benzene rings is 1. The van der Waals surface area contributed by atoms with Crippen LogP contribution in [0.3, 0.4) is 0 Å². The number of rotatable bonds is 4. The van der Waals surface area contributed by atoms with E-state index < -0.39 is 0 Å². The number of hydrogen-bond donors (Lipinski definition) is 0. The molecule has 104 valence electrons. The fraction of sp³-hybridized carbons (Fsp3) is 0.308. The average Bonchev–Trinajstić information content (AvgIpc) is 3.01. The lowest BCUT2D eigenvalue weighted by Crippen LogP contribution is -2.06. The van der Waals surface area contributed by atoms with Crippen molar-refractivity contribution in [2.75, 3.05) is 0 Å². The van der Waals surface area contributed by atoms with E-state index in [-0.39, 0.29) is 11.7 Å². The molecule has 2 heterocycles. The van der Waals surface area contributed by atoms with Gasteiger partial charge in [-0.05, 0) is 12.1 Å². The SMILES string of the molecule is Cn1cnc(CCn2c(CCl)nc3c(F)cccc32)n1. The Morgan fingerprint density at radius 1 is 1.35 bits per heavy atom. The molecule has 20 heavy (non-hydrogen) atoms. The smallest absolute Gasteiger partial charge is 0.152 e. The number of para-hydroxylation sites is 1. The second-order valence-corrected chi connectivity index (χ2v) is 4.77. The van der Waals surface area contributed by atoms with Gasteiger partial charge in [-0.25, -0.2) is 14.4 Å². The molecular formula is C13H13ClFN5. The standard InChI is InChI=1S/C13H13ClFN5/c1-19-8-16-11(18-19)5-6-20-10-4-2-3-9(15)13(10)17-12(20)7-14/h2-4,8H,5-7H2,1H3. The van der Waals surface area contributed by atoms with Crippen molar-refractivity contribution in [1.82, 2.24) is 24.3 Å². The Hall–Kier alpha value is -1.95. The minimum Gasteiger partial charge on any atom is -0.326 e. The maximum atomic E-state index is 13.7. The molecule has 0 saturated carbocycles. The third-order valence-electron chi connectivity index (χ3n) is 3.13. The van der Waals surface area contributed by atoms with E-state index in [1.807, 2.05) is 17.7 Å². The van der Waals surface area contributed by atoms with E-state index in [4.69, 9.17) is 11.6 Å². The monoisotopic (exact) mass is 293 g/mol. The van der Waals surface area contributed by atoms with Gasteiger partial charge in [-0.3, -0.25) is 4.68 Å². The molecule has 0 aliphatic rings. The van der Waals surface area contributed by atoms with Crippen LogP contribution >= 0.6 is 11.6 Å². The van der Waals surface area contributed by atoms with Crippen molar-refractivity contribution in [3.63, 3.8) is 0 Å². The summed E-state index contributed by atoms with van der Waals surface area (Å²) in [7, 11) is 1.82. The zero-order valence-electron chi connectivity index (χ0n) is 10.9. The second-order valence-electron chi connectivity index (χ2n) is 4.51. The van der Waals surface area contributed by atoms with Crippen LogP contribution in [-0.4, -0.2) is 24.3 Å². The maximum Gasteiger partial charge on any atom is 0.152 e. The number of hydrogen-bond acceptors (Lipinski definition) is 3. The lowest BCUT2D eigenvalue weighted by atomic mass is 10.3. The number of aryl methyl sites for hydroxylation is 3. The molecule has 0 aliphatic carbocycles. The van der Waals surface area contributed by atoms with Gasteiger partial charge in [0.15, 0.2) is 11.6 Å². The van der Waals surface area contributed by atoms with Crippen molar-refractivity contribution >= 4 is 22.6 Å². The average molecular weight is 294 g/mol. The largest absolute Gasteiger partial charge is 0.326 e. The summed E-state index contributed by atoms with van der Waals surface area (Å²) in [5.41, 5.74) is 1.11. The molecule has 0 atom stereocenters. The Kier molecular flexibility index (Phi) is 3.40. The van der Waals surface area contributed by atoms with Crippen molar-refractivity contribution in [3.8, 4) is 0 Å². The van der Waals surface area contributed by atoms with Crippen LogP contribution in [0.15, 0.2) is 24.5 Å². The van der Waals surface area contributed by atoms with Crippen LogP contribution < -0.4 is 0 Å². The molecule has 0 bridgehead atoms. The van der Waals surface area contributed by atoms with Crippen LogP contribution in [0.2, 0.25) is 0 Å². The Balaban J connectivity index is 1.95. The summed E-state index contributed by atoms with van der Waals surface area (Å²) in [6.07, 6.45) is 2.30. The Bertz CT molecular complexity index is 748. The molecular weight excluding hydrogens is 281 g/mol. The van der Waals surface area contributed by atoms with Crippen LogP contribution in [0, 0.1) is 5.82 Å². The first-order valence-electron chi connectivity index (χ1n) is 6.23. The zero-order valence-corrected chi connectivity index (χ0v) is 11.7. The normalized spacial score (nSPS) is 11.3. The minimum absolute atomic E-state index is 0.240. The van der Waals surface area contributed by atoms with E-state index in [1.165, 1.54) is 6.07 Å². The first-order chi connectivity index (χ1) is 9.69. The fourth-order valence-corrected chi connectivity index (χ4v) is 2.43. The first kappa shape index (κ1) is 13.1. The van der Waals surface area contributed by atoms with Crippen molar-refractivity contribution in [1.29, 1.82) is 0 Å². The molecule has 1 aromatic carbocycles. The van der Waals surface area contributed by atoms with Gasteiger partial charge in [-0.1, -0.05) is 6.07 Å². The highest BCUT2D eigenvalue weighted by Crippen LogP contribution is 2.20. The number of imidazole rings is 1. The van der Waals surface area contributed by atoms with Crippen LogP contribution in [0.5, 0.6) is 0 Å². The van der Waals surface area contributed by atoms with Gasteiger partial charge in [0.1, 0.15) is 17.7 Å². The summed E-state index contributed by atoms with van der Waals surface area (Å²) < 4.78 is 17.3. The molecule has 0 N–H and O–H groups in total. The molecule has 7 heteroatoms. The van der Waals surface area contributed by atoms with Gasteiger partial charge in [-0.2, -0.15) is 5.10 Å². The maximum absolute atomic E-state index is 13.7. The van der Waals surface area contributed by atoms with Gasteiger partial charge in [0.05, 0.1) is 11.4 Å². The predicted molar refractivity (Wildman–Crippen MR) is 74.0 cm³/mol. The van der Waals surface area contributed by atoms with Crippen molar-refractivity contribution in [2.45, 2.75) is 18.8 Å². The molecule has 0 amide bonds. The van der Waals surface area contributed by atoms with Crippen LogP contribution in [0.1, 0.15) is 11.6 Å². The Morgan fingerprint density at radius 2 is 2.20 bits per heavy atom. The molecule has 0 radical (unpaired) electrons. The second kappa shape index (κ2) is 5.20. The number of fused-ring (bicyclic) bond motifs is 1. The van der Waals surface area contributed by atoms with Gasteiger partial charge in [0.25, 0.3) is 0 Å². The lowest BCUT2D eigenvalue weighted by Gasteiger charge is -2.05. The summed E-state index contributed by atoms with van der Waals surface area (Å²) in [5, 5.41) is 4.23. The third-order valence-corrected chi connectivity index (χ3v) is 3.37. The summed E-state index contributed by atoms with van der Waals surface area (Å²) in [6, 6.07) is 4.91. The van der Waals surface area contributed by atoms with E-state index in [2.05, 4.69) is 15.1 Å². The molecule has 0 saturated heterocycles. The summed E-state index contributed by atoms with van der Waals surface area (Å²) in [4.78, 5) is 8.44. The van der Waals surface area contributed by atoms with Gasteiger partial charge < -0.3 is 4.57 Å². The topological polar surface area (TPSA) is 48.5 Å². The van der Waals surface area contributed by atoms with Crippen molar-refractivity contribution < 1.29 is 4.39 Å². The molecule has 2 aromatic heterocycles. The molecule has 3 aromatic rings. The molecule has 0 unspecified atom stereocenters. The Morgan fingerprint density at radius 3 is 2.90 bits per heavy atom. The van der Waals surface area contributed by atoms with E-state index >= 15 is 0 Å². The quantitative estimate of drug-likeness (QED) is 0.694. The van der Waals surface area contributed by atoms with Gasteiger partial charge in [0.2, 0.25) is 0 Å². The van der Waals surface area contributed by atoms with Gasteiger partial charge >= 0.3 is 0 Å². The van der Waals surface area contributed by atoms with E-state index in [0.29, 0.717) is 24.3 Å². The summed E-state index contributed by atoms with van der Waals surface area (Å²) >= 11 is 5.90. The fourth-order valence-electron chi connectivity index (χ4n) is 2.22.